The molecule has 7 nitrogen and oxygen atoms in total. The van der Waals surface area contributed by atoms with Gasteiger partial charge in [0.05, 0.1) is 11.2 Å². The number of aromatic nitrogens is 2. The average Bonchev–Trinajstić information content (AvgIpc) is 2.66. The van der Waals surface area contributed by atoms with Crippen LogP contribution >= 0.6 is 23.2 Å². The zero-order valence-electron chi connectivity index (χ0n) is 14.7. The number of benzene rings is 1. The minimum atomic E-state index is -0.294. The summed E-state index contributed by atoms with van der Waals surface area (Å²) in [5.41, 5.74) is -0.294. The van der Waals surface area contributed by atoms with Crippen LogP contribution in [-0.2, 0) is 11.8 Å². The Balaban J connectivity index is 1.48. The van der Waals surface area contributed by atoms with Crippen molar-refractivity contribution in [3.05, 3.63) is 50.9 Å². The highest BCUT2D eigenvalue weighted by atomic mass is 35.5. The number of likely N-dealkylation sites (tertiary alicyclic amines) is 1. The summed E-state index contributed by atoms with van der Waals surface area (Å²) in [5, 5.41) is 4.92. The Labute approximate surface area is 166 Å². The minimum Gasteiger partial charge on any atom is -0.489 e. The van der Waals surface area contributed by atoms with E-state index in [4.69, 9.17) is 32.7 Å². The molecule has 1 amide bonds. The van der Waals surface area contributed by atoms with Crippen LogP contribution < -0.4 is 15.0 Å². The predicted molar refractivity (Wildman–Crippen MR) is 102 cm³/mol. The summed E-state index contributed by atoms with van der Waals surface area (Å²) >= 11 is 12.1. The third kappa shape index (κ3) is 5.14. The number of amides is 1. The van der Waals surface area contributed by atoms with E-state index in [9.17, 15) is 9.59 Å². The van der Waals surface area contributed by atoms with E-state index in [1.165, 1.54) is 16.9 Å². The molecule has 0 radical (unpaired) electrons. The number of halogens is 2. The van der Waals surface area contributed by atoms with Gasteiger partial charge in [0.1, 0.15) is 17.6 Å². The van der Waals surface area contributed by atoms with Crippen molar-refractivity contribution in [2.24, 2.45) is 7.05 Å². The lowest BCUT2D eigenvalue weighted by molar-refractivity contribution is -0.135. The van der Waals surface area contributed by atoms with Gasteiger partial charge < -0.3 is 14.4 Å². The summed E-state index contributed by atoms with van der Waals surface area (Å²) in [5.74, 6) is 0.686. The van der Waals surface area contributed by atoms with Crippen LogP contribution in [0.3, 0.4) is 0 Å². The molecule has 0 atom stereocenters. The maximum Gasteiger partial charge on any atom is 0.270 e. The van der Waals surface area contributed by atoms with Gasteiger partial charge in [-0.05, 0) is 12.1 Å². The zero-order chi connectivity index (χ0) is 19.4. The van der Waals surface area contributed by atoms with E-state index in [1.807, 2.05) is 0 Å². The largest absolute Gasteiger partial charge is 0.489 e. The van der Waals surface area contributed by atoms with Crippen LogP contribution in [0.1, 0.15) is 12.8 Å². The van der Waals surface area contributed by atoms with Crippen molar-refractivity contribution in [2.45, 2.75) is 18.9 Å². The molecule has 1 aromatic carbocycles. The summed E-state index contributed by atoms with van der Waals surface area (Å²) in [6, 6.07) is 6.39. The Hall–Kier alpha value is -2.25. The minimum absolute atomic E-state index is 0.0349. The van der Waals surface area contributed by atoms with Crippen LogP contribution in [0.15, 0.2) is 35.3 Å². The second kappa shape index (κ2) is 8.63. The number of carbonyl (C=O) groups excluding carboxylic acids is 1. The number of hydrogen-bond acceptors (Lipinski definition) is 5. The molecule has 1 aromatic heterocycles. The molecule has 0 spiro atoms. The molecule has 144 valence electrons. The van der Waals surface area contributed by atoms with E-state index in [2.05, 4.69) is 5.10 Å². The third-order valence-electron chi connectivity index (χ3n) is 4.29. The van der Waals surface area contributed by atoms with Gasteiger partial charge in [-0.15, -0.1) is 0 Å². The van der Waals surface area contributed by atoms with Crippen LogP contribution in [0.4, 0.5) is 0 Å². The quantitative estimate of drug-likeness (QED) is 0.755. The fraction of sp³-hybridized carbons (Fsp3) is 0.389. The van der Waals surface area contributed by atoms with E-state index in [1.54, 1.807) is 30.1 Å². The second-order valence-corrected chi connectivity index (χ2v) is 7.06. The number of rotatable bonds is 5. The van der Waals surface area contributed by atoms with Crippen molar-refractivity contribution in [3.8, 4) is 11.5 Å². The normalized spacial score (nSPS) is 14.9. The monoisotopic (exact) mass is 411 g/mol. The number of aryl methyl sites for hydroxylation is 1. The zero-order valence-corrected chi connectivity index (χ0v) is 16.2. The molecule has 1 aliphatic heterocycles. The van der Waals surface area contributed by atoms with Gasteiger partial charge in [-0.2, -0.15) is 5.10 Å². The van der Waals surface area contributed by atoms with Gasteiger partial charge in [0, 0.05) is 50.1 Å². The fourth-order valence-electron chi connectivity index (χ4n) is 2.74. The smallest absolute Gasteiger partial charge is 0.270 e. The highest BCUT2D eigenvalue weighted by molar-refractivity contribution is 6.34. The molecule has 2 heterocycles. The van der Waals surface area contributed by atoms with Gasteiger partial charge in [0.25, 0.3) is 11.5 Å². The first-order valence-corrected chi connectivity index (χ1v) is 9.23. The van der Waals surface area contributed by atoms with Crippen LogP contribution in [0.5, 0.6) is 11.5 Å². The summed E-state index contributed by atoms with van der Waals surface area (Å²) in [6.07, 6.45) is 2.74. The highest BCUT2D eigenvalue weighted by Crippen LogP contribution is 2.30. The molecule has 0 saturated carbocycles. The molecule has 1 saturated heterocycles. The summed E-state index contributed by atoms with van der Waals surface area (Å²) in [6.45, 7) is 0.972. The number of nitrogens with zero attached hydrogens (tertiary/aromatic N) is 3. The maximum atomic E-state index is 12.3. The first-order valence-electron chi connectivity index (χ1n) is 8.48. The van der Waals surface area contributed by atoms with Crippen molar-refractivity contribution in [2.75, 3.05) is 19.7 Å². The highest BCUT2D eigenvalue weighted by Gasteiger charge is 2.24. The van der Waals surface area contributed by atoms with Crippen LogP contribution in [0.2, 0.25) is 10.0 Å². The van der Waals surface area contributed by atoms with Crippen molar-refractivity contribution in [3.63, 3.8) is 0 Å². The lowest BCUT2D eigenvalue weighted by Gasteiger charge is -2.32. The molecule has 27 heavy (non-hydrogen) atoms. The van der Waals surface area contributed by atoms with Gasteiger partial charge >= 0.3 is 0 Å². The van der Waals surface area contributed by atoms with Crippen molar-refractivity contribution in [1.82, 2.24) is 14.7 Å². The molecule has 0 unspecified atom stereocenters. The lowest BCUT2D eigenvalue weighted by Crippen LogP contribution is -2.43. The summed E-state index contributed by atoms with van der Waals surface area (Å²) < 4.78 is 12.5. The van der Waals surface area contributed by atoms with Gasteiger partial charge in [0.15, 0.2) is 6.61 Å². The van der Waals surface area contributed by atoms with E-state index >= 15 is 0 Å². The van der Waals surface area contributed by atoms with Crippen LogP contribution in [0, 0.1) is 0 Å². The maximum absolute atomic E-state index is 12.3. The standard InChI is InChI=1S/C18H19Cl2N3O4/c1-22-17(24)9-14(10-21-22)26-11-18(25)23-6-4-13(5-7-23)27-16-8-12(19)2-3-15(16)20/h2-3,8-10,13H,4-7,11H2,1H3. The molecule has 0 N–H and O–H groups in total. The Kier molecular flexibility index (Phi) is 6.23. The molecule has 1 aliphatic rings. The molecular weight excluding hydrogens is 393 g/mol. The predicted octanol–water partition coefficient (Wildman–Crippen LogP) is 2.54. The number of ether oxygens (including phenoxy) is 2. The first kappa shape index (κ1) is 19.5. The molecule has 0 aliphatic carbocycles. The van der Waals surface area contributed by atoms with Crippen molar-refractivity contribution < 1.29 is 14.3 Å². The molecular formula is C18H19Cl2N3O4. The van der Waals surface area contributed by atoms with E-state index in [0.717, 1.165) is 0 Å². The SMILES string of the molecule is Cn1ncc(OCC(=O)N2CCC(Oc3cc(Cl)ccc3Cl)CC2)cc1=O. The van der Waals surface area contributed by atoms with E-state index in [-0.39, 0.29) is 29.9 Å². The second-order valence-electron chi connectivity index (χ2n) is 6.21. The van der Waals surface area contributed by atoms with Gasteiger partial charge in [-0.1, -0.05) is 23.2 Å². The summed E-state index contributed by atoms with van der Waals surface area (Å²) in [4.78, 5) is 25.5. The fourth-order valence-corrected chi connectivity index (χ4v) is 3.06. The Morgan fingerprint density at radius 3 is 2.70 bits per heavy atom. The van der Waals surface area contributed by atoms with Crippen molar-refractivity contribution >= 4 is 29.1 Å². The van der Waals surface area contributed by atoms with Crippen LogP contribution in [-0.4, -0.2) is 46.4 Å². The van der Waals surface area contributed by atoms with E-state index in [0.29, 0.717) is 41.7 Å². The topological polar surface area (TPSA) is 73.7 Å². The summed E-state index contributed by atoms with van der Waals surface area (Å²) in [7, 11) is 1.54. The number of carbonyl (C=O) groups is 1. The molecule has 3 rings (SSSR count). The molecule has 2 aromatic rings. The Morgan fingerprint density at radius 1 is 1.26 bits per heavy atom. The Morgan fingerprint density at radius 2 is 2.00 bits per heavy atom. The number of piperidine rings is 1. The number of hydrogen-bond donors (Lipinski definition) is 0. The Bertz CT molecular complexity index is 879. The third-order valence-corrected chi connectivity index (χ3v) is 4.83. The first-order chi connectivity index (χ1) is 12.9. The van der Waals surface area contributed by atoms with Gasteiger partial charge in [-0.3, -0.25) is 9.59 Å². The molecule has 0 bridgehead atoms. The van der Waals surface area contributed by atoms with Gasteiger partial charge in [0.2, 0.25) is 0 Å². The molecule has 9 heteroatoms. The molecule has 1 fully saturated rings. The average molecular weight is 412 g/mol. The van der Waals surface area contributed by atoms with Crippen molar-refractivity contribution in [1.29, 1.82) is 0 Å². The van der Waals surface area contributed by atoms with E-state index < -0.39 is 0 Å². The van der Waals surface area contributed by atoms with Crippen LogP contribution in [0.25, 0.3) is 0 Å². The van der Waals surface area contributed by atoms with Gasteiger partial charge in [-0.25, -0.2) is 4.68 Å². The lowest BCUT2D eigenvalue weighted by atomic mass is 10.1.